The molecule has 4 nitrogen and oxygen atoms in total. The third kappa shape index (κ3) is 5.24. The third-order valence-electron chi connectivity index (χ3n) is 3.86. The van der Waals surface area contributed by atoms with Crippen LogP contribution in [0.5, 0.6) is 0 Å². The molecule has 2 aromatic rings. The molecule has 1 aliphatic heterocycles. The lowest BCUT2D eigenvalue weighted by atomic mass is 10.1. The van der Waals surface area contributed by atoms with Gasteiger partial charge in [0.2, 0.25) is 0 Å². The fraction of sp³-hybridized carbons (Fsp3) is 0.333. The van der Waals surface area contributed by atoms with Crippen LogP contribution in [0.15, 0.2) is 59.5 Å². The number of rotatable bonds is 6. The highest BCUT2D eigenvalue weighted by Gasteiger charge is 2.26. The molecule has 1 aliphatic rings. The highest BCUT2D eigenvalue weighted by molar-refractivity contribution is 8.16. The Balaban J connectivity index is 1.82. The zero-order valence-electron chi connectivity index (χ0n) is 14.0. The monoisotopic (exact) mass is 395 g/mol. The molecule has 1 fully saturated rings. The van der Waals surface area contributed by atoms with Crippen molar-refractivity contribution in [2.75, 3.05) is 23.4 Å². The van der Waals surface area contributed by atoms with E-state index in [-0.39, 0.29) is 4.90 Å². The Morgan fingerprint density at radius 1 is 1.04 bits per heavy atom. The van der Waals surface area contributed by atoms with E-state index in [1.165, 1.54) is 0 Å². The Morgan fingerprint density at radius 2 is 1.68 bits per heavy atom. The molecule has 25 heavy (non-hydrogen) atoms. The highest BCUT2D eigenvalue weighted by atomic mass is 32.2. The third-order valence-corrected chi connectivity index (χ3v) is 7.63. The lowest BCUT2D eigenvalue weighted by Crippen LogP contribution is -2.32. The largest absolute Gasteiger partial charge is 0.297 e. The maximum absolute atomic E-state index is 12.7. The molecule has 1 unspecified atom stereocenters. The van der Waals surface area contributed by atoms with Gasteiger partial charge < -0.3 is 0 Å². The van der Waals surface area contributed by atoms with Crippen LogP contribution in [0.2, 0.25) is 0 Å². The average molecular weight is 396 g/mol. The number of nitrogens with zero attached hydrogens (tertiary/aromatic N) is 1. The van der Waals surface area contributed by atoms with Gasteiger partial charge in [-0.3, -0.25) is 9.08 Å². The maximum atomic E-state index is 12.7. The molecule has 0 spiro atoms. The quantitative estimate of drug-likeness (QED) is 0.687. The first-order valence-corrected chi connectivity index (χ1v) is 11.7. The first-order chi connectivity index (χ1) is 12.0. The topological polar surface area (TPSA) is 46.6 Å². The fourth-order valence-electron chi connectivity index (χ4n) is 2.54. The Labute approximate surface area is 158 Å². The van der Waals surface area contributed by atoms with Gasteiger partial charge in [-0.05, 0) is 24.6 Å². The van der Waals surface area contributed by atoms with E-state index in [9.17, 15) is 8.42 Å². The van der Waals surface area contributed by atoms with E-state index in [1.807, 2.05) is 60.8 Å². The van der Waals surface area contributed by atoms with Crippen molar-refractivity contribution in [3.63, 3.8) is 0 Å². The SMILES string of the molecule is Cc1ccc(S(=O)(=O)OC(CN2CSCSC2)c2ccccc2)cc1. The molecular formula is C18H21NO3S3. The second-order valence-electron chi connectivity index (χ2n) is 5.90. The van der Waals surface area contributed by atoms with Crippen LogP contribution < -0.4 is 0 Å². The molecule has 1 saturated heterocycles. The van der Waals surface area contributed by atoms with Gasteiger partial charge in [-0.2, -0.15) is 8.42 Å². The predicted molar refractivity (Wildman–Crippen MR) is 105 cm³/mol. The first-order valence-electron chi connectivity index (χ1n) is 7.97. The van der Waals surface area contributed by atoms with E-state index >= 15 is 0 Å². The summed E-state index contributed by atoms with van der Waals surface area (Å²) in [5.74, 6) is 1.79. The molecule has 0 N–H and O–H groups in total. The van der Waals surface area contributed by atoms with Gasteiger partial charge in [0.15, 0.2) is 0 Å². The van der Waals surface area contributed by atoms with Crippen LogP contribution in [0.4, 0.5) is 0 Å². The summed E-state index contributed by atoms with van der Waals surface area (Å²) in [6.45, 7) is 2.48. The molecule has 0 aromatic heterocycles. The van der Waals surface area contributed by atoms with Gasteiger partial charge in [-0.15, -0.1) is 23.5 Å². The highest BCUT2D eigenvalue weighted by Crippen LogP contribution is 2.28. The molecule has 0 amide bonds. The van der Waals surface area contributed by atoms with Crippen molar-refractivity contribution < 1.29 is 12.6 Å². The van der Waals surface area contributed by atoms with E-state index in [0.29, 0.717) is 6.54 Å². The molecule has 0 saturated carbocycles. The molecule has 2 aromatic carbocycles. The molecule has 1 atom stereocenters. The van der Waals surface area contributed by atoms with Gasteiger partial charge >= 0.3 is 0 Å². The van der Waals surface area contributed by atoms with E-state index in [1.54, 1.807) is 24.3 Å². The summed E-state index contributed by atoms with van der Waals surface area (Å²) < 4.78 is 31.1. The molecule has 1 heterocycles. The van der Waals surface area contributed by atoms with Crippen molar-refractivity contribution in [3.8, 4) is 0 Å². The fourth-order valence-corrected chi connectivity index (χ4v) is 5.69. The van der Waals surface area contributed by atoms with E-state index < -0.39 is 16.2 Å². The summed E-state index contributed by atoms with van der Waals surface area (Å²) in [6.07, 6.45) is -0.521. The first kappa shape index (κ1) is 18.8. The van der Waals surface area contributed by atoms with Gasteiger partial charge in [0.1, 0.15) is 6.10 Å². The molecule has 0 bridgehead atoms. The van der Waals surface area contributed by atoms with Crippen molar-refractivity contribution in [2.24, 2.45) is 0 Å². The van der Waals surface area contributed by atoms with E-state index in [4.69, 9.17) is 4.18 Å². The Kier molecular flexibility index (Phi) is 6.46. The molecule has 3 rings (SSSR count). The van der Waals surface area contributed by atoms with Crippen molar-refractivity contribution in [3.05, 3.63) is 65.7 Å². The normalized spacial score (nSPS) is 17.3. The van der Waals surface area contributed by atoms with Crippen molar-refractivity contribution in [1.29, 1.82) is 0 Å². The lowest BCUT2D eigenvalue weighted by molar-refractivity contribution is 0.163. The van der Waals surface area contributed by atoms with E-state index in [2.05, 4.69) is 4.90 Å². The smallest absolute Gasteiger partial charge is 0.282 e. The average Bonchev–Trinajstić information content (AvgIpc) is 2.63. The summed E-state index contributed by atoms with van der Waals surface area (Å²) in [5, 5.41) is 1.08. The predicted octanol–water partition coefficient (Wildman–Crippen LogP) is 4.10. The molecule has 0 radical (unpaired) electrons. The molecule has 0 aliphatic carbocycles. The molecule has 134 valence electrons. The van der Waals surface area contributed by atoms with Crippen LogP contribution in [0.25, 0.3) is 0 Å². The Hall–Kier alpha value is -0.990. The standard InChI is InChI=1S/C18H21NO3S3/c1-15-7-9-17(10-8-15)25(20,21)22-18(16-5-3-2-4-6-16)11-19-12-23-14-24-13-19/h2-10,18H,11-14H2,1H3. The van der Waals surface area contributed by atoms with Crippen molar-refractivity contribution >= 4 is 33.6 Å². The van der Waals surface area contributed by atoms with Gasteiger partial charge in [-0.1, -0.05) is 48.0 Å². The maximum Gasteiger partial charge on any atom is 0.297 e. The van der Waals surface area contributed by atoms with Gasteiger partial charge in [-0.25, -0.2) is 0 Å². The number of hydrogen-bond donors (Lipinski definition) is 0. The minimum Gasteiger partial charge on any atom is -0.282 e. The zero-order valence-corrected chi connectivity index (χ0v) is 16.4. The Morgan fingerprint density at radius 3 is 2.32 bits per heavy atom. The zero-order chi connectivity index (χ0) is 17.7. The summed E-state index contributed by atoms with van der Waals surface area (Å²) in [4.78, 5) is 2.42. The van der Waals surface area contributed by atoms with Crippen LogP contribution in [-0.4, -0.2) is 36.7 Å². The molecular weight excluding hydrogens is 374 g/mol. The van der Waals surface area contributed by atoms with Crippen LogP contribution >= 0.6 is 23.5 Å². The van der Waals surface area contributed by atoms with Gasteiger partial charge in [0.25, 0.3) is 10.1 Å². The summed E-state index contributed by atoms with van der Waals surface area (Å²) in [7, 11) is -3.82. The van der Waals surface area contributed by atoms with Crippen LogP contribution in [0.3, 0.4) is 0 Å². The van der Waals surface area contributed by atoms with Crippen molar-refractivity contribution in [1.82, 2.24) is 4.90 Å². The summed E-state index contributed by atoms with van der Waals surface area (Å²) >= 11 is 3.68. The second-order valence-corrected chi connectivity index (χ2v) is 9.75. The molecule has 7 heteroatoms. The van der Waals surface area contributed by atoms with E-state index in [0.717, 1.165) is 28.0 Å². The number of aryl methyl sites for hydroxylation is 1. The van der Waals surface area contributed by atoms with Gasteiger partial charge in [0, 0.05) is 23.4 Å². The second kappa shape index (κ2) is 8.60. The van der Waals surface area contributed by atoms with Gasteiger partial charge in [0.05, 0.1) is 4.90 Å². The summed E-state index contributed by atoms with van der Waals surface area (Å²) in [6, 6.07) is 16.3. The minimum atomic E-state index is -3.82. The lowest BCUT2D eigenvalue weighted by Gasteiger charge is -2.29. The minimum absolute atomic E-state index is 0.196. The Bertz CT molecular complexity index is 773. The van der Waals surface area contributed by atoms with Crippen LogP contribution in [-0.2, 0) is 14.3 Å². The number of benzene rings is 2. The number of thioether (sulfide) groups is 2. The van der Waals surface area contributed by atoms with Crippen LogP contribution in [0, 0.1) is 6.92 Å². The van der Waals surface area contributed by atoms with Crippen LogP contribution in [0.1, 0.15) is 17.2 Å². The summed E-state index contributed by atoms with van der Waals surface area (Å²) in [5.41, 5.74) is 1.89. The number of hydrogen-bond acceptors (Lipinski definition) is 6. The van der Waals surface area contributed by atoms with Crippen molar-refractivity contribution in [2.45, 2.75) is 17.9 Å².